The van der Waals surface area contributed by atoms with Crippen molar-refractivity contribution in [1.29, 1.82) is 0 Å². The molecule has 2 N–H and O–H groups in total. The van der Waals surface area contributed by atoms with E-state index in [0.717, 1.165) is 43.5 Å². The number of guanidine groups is 1. The maximum atomic E-state index is 4.69. The minimum atomic E-state index is 0.0961. The van der Waals surface area contributed by atoms with Gasteiger partial charge in [0.1, 0.15) is 12.4 Å². The SMILES string of the molecule is CCNC(=NCc1nnc(C)n1C)NCC(CC)(CC)c1ccccc1. The van der Waals surface area contributed by atoms with Crippen LogP contribution >= 0.6 is 0 Å². The molecule has 0 saturated carbocycles. The maximum absolute atomic E-state index is 4.69. The highest BCUT2D eigenvalue weighted by Gasteiger charge is 2.28. The Morgan fingerprint density at radius 2 is 1.77 bits per heavy atom. The van der Waals surface area contributed by atoms with Crippen molar-refractivity contribution in [1.82, 2.24) is 25.4 Å². The molecule has 6 nitrogen and oxygen atoms in total. The molecule has 1 aromatic heterocycles. The van der Waals surface area contributed by atoms with Gasteiger partial charge in [0.05, 0.1) is 0 Å². The highest BCUT2D eigenvalue weighted by Crippen LogP contribution is 2.30. The van der Waals surface area contributed by atoms with Crippen LogP contribution in [0, 0.1) is 6.92 Å². The molecule has 2 aromatic rings. The van der Waals surface area contributed by atoms with Gasteiger partial charge in [0.2, 0.25) is 0 Å². The Morgan fingerprint density at radius 3 is 2.31 bits per heavy atom. The molecule has 0 atom stereocenters. The molecule has 2 rings (SSSR count). The first-order valence-electron chi connectivity index (χ1n) is 9.48. The average Bonchev–Trinajstić information content (AvgIpc) is 3.00. The summed E-state index contributed by atoms with van der Waals surface area (Å²) in [6.07, 6.45) is 2.14. The van der Waals surface area contributed by atoms with Gasteiger partial charge in [0.25, 0.3) is 0 Å². The van der Waals surface area contributed by atoms with E-state index in [1.807, 2.05) is 18.5 Å². The largest absolute Gasteiger partial charge is 0.357 e. The molecule has 1 aromatic carbocycles. The monoisotopic (exact) mass is 356 g/mol. The van der Waals surface area contributed by atoms with E-state index in [9.17, 15) is 0 Å². The first-order chi connectivity index (χ1) is 12.6. The van der Waals surface area contributed by atoms with Crippen molar-refractivity contribution in [2.45, 2.75) is 52.5 Å². The molecule has 0 unspecified atom stereocenters. The molecule has 0 amide bonds. The van der Waals surface area contributed by atoms with Crippen molar-refractivity contribution >= 4 is 5.96 Å². The van der Waals surface area contributed by atoms with E-state index >= 15 is 0 Å². The molecule has 0 saturated heterocycles. The summed E-state index contributed by atoms with van der Waals surface area (Å²) < 4.78 is 1.97. The number of nitrogens with one attached hydrogen (secondary N) is 2. The van der Waals surface area contributed by atoms with E-state index < -0.39 is 0 Å². The fraction of sp³-hybridized carbons (Fsp3) is 0.550. The van der Waals surface area contributed by atoms with Crippen LogP contribution in [0.2, 0.25) is 0 Å². The molecule has 0 radical (unpaired) electrons. The third-order valence-electron chi connectivity index (χ3n) is 5.24. The van der Waals surface area contributed by atoms with Gasteiger partial charge in [-0.15, -0.1) is 10.2 Å². The van der Waals surface area contributed by atoms with Gasteiger partial charge in [-0.1, -0.05) is 44.2 Å². The second-order valence-electron chi connectivity index (χ2n) is 6.62. The molecule has 1 heterocycles. The normalized spacial score (nSPS) is 12.3. The van der Waals surface area contributed by atoms with E-state index in [4.69, 9.17) is 4.99 Å². The molecule has 0 fully saturated rings. The molecule has 0 aliphatic rings. The van der Waals surface area contributed by atoms with Crippen LogP contribution in [0.4, 0.5) is 0 Å². The first kappa shape index (κ1) is 19.9. The minimum absolute atomic E-state index is 0.0961. The zero-order chi connectivity index (χ0) is 19.0. The number of aromatic nitrogens is 3. The molecule has 0 bridgehead atoms. The number of aryl methyl sites for hydroxylation is 1. The maximum Gasteiger partial charge on any atom is 0.191 e. The number of benzene rings is 1. The molecule has 26 heavy (non-hydrogen) atoms. The number of hydrogen-bond donors (Lipinski definition) is 2. The topological polar surface area (TPSA) is 67.1 Å². The predicted molar refractivity (Wildman–Crippen MR) is 107 cm³/mol. The summed E-state index contributed by atoms with van der Waals surface area (Å²) >= 11 is 0. The third kappa shape index (κ3) is 4.62. The molecule has 0 aliphatic carbocycles. The highest BCUT2D eigenvalue weighted by molar-refractivity contribution is 5.79. The van der Waals surface area contributed by atoms with E-state index in [1.165, 1.54) is 5.56 Å². The standard InChI is InChI=1S/C20H32N6/c1-6-20(7-2,17-12-10-9-11-13-17)15-23-19(21-8-3)22-14-18-25-24-16(4)26(18)5/h9-13H,6-8,14-15H2,1-5H3,(H2,21,22,23). The van der Waals surface area contributed by atoms with Gasteiger partial charge in [0.15, 0.2) is 11.8 Å². The number of nitrogens with zero attached hydrogens (tertiary/aromatic N) is 4. The smallest absolute Gasteiger partial charge is 0.191 e. The van der Waals surface area contributed by atoms with Crippen LogP contribution in [0.3, 0.4) is 0 Å². The second-order valence-corrected chi connectivity index (χ2v) is 6.62. The Labute approximate surface area is 157 Å². The Kier molecular flexibility index (Phi) is 7.18. The van der Waals surface area contributed by atoms with E-state index in [-0.39, 0.29) is 5.41 Å². The van der Waals surface area contributed by atoms with Gasteiger partial charge < -0.3 is 15.2 Å². The lowest BCUT2D eigenvalue weighted by Gasteiger charge is -2.33. The quantitative estimate of drug-likeness (QED) is 0.564. The summed E-state index contributed by atoms with van der Waals surface area (Å²) in [6, 6.07) is 10.7. The van der Waals surface area contributed by atoms with Crippen LogP contribution in [-0.4, -0.2) is 33.8 Å². The zero-order valence-corrected chi connectivity index (χ0v) is 16.7. The van der Waals surface area contributed by atoms with Gasteiger partial charge in [-0.3, -0.25) is 0 Å². The highest BCUT2D eigenvalue weighted by atomic mass is 15.3. The average molecular weight is 357 g/mol. The van der Waals surface area contributed by atoms with Gasteiger partial charge in [-0.25, -0.2) is 4.99 Å². The van der Waals surface area contributed by atoms with Crippen LogP contribution in [0.5, 0.6) is 0 Å². The van der Waals surface area contributed by atoms with Crippen molar-refractivity contribution in [3.05, 3.63) is 47.5 Å². The summed E-state index contributed by atoms with van der Waals surface area (Å²) in [5, 5.41) is 15.2. The lowest BCUT2D eigenvalue weighted by atomic mass is 9.76. The lowest BCUT2D eigenvalue weighted by molar-refractivity contribution is 0.389. The van der Waals surface area contributed by atoms with Crippen molar-refractivity contribution in [3.63, 3.8) is 0 Å². The van der Waals surface area contributed by atoms with Crippen LogP contribution in [0.25, 0.3) is 0 Å². The van der Waals surface area contributed by atoms with Crippen molar-refractivity contribution < 1.29 is 0 Å². The number of hydrogen-bond acceptors (Lipinski definition) is 3. The Hall–Kier alpha value is -2.37. The summed E-state index contributed by atoms with van der Waals surface area (Å²) in [5.74, 6) is 2.57. The Bertz CT molecular complexity index is 700. The minimum Gasteiger partial charge on any atom is -0.357 e. The molecular formula is C20H32N6. The lowest BCUT2D eigenvalue weighted by Crippen LogP contribution is -2.45. The molecule has 6 heteroatoms. The fourth-order valence-corrected chi connectivity index (χ4v) is 3.14. The summed E-state index contributed by atoms with van der Waals surface area (Å²) in [5.41, 5.74) is 1.47. The second kappa shape index (κ2) is 9.36. The van der Waals surface area contributed by atoms with Crippen LogP contribution in [0.15, 0.2) is 35.3 Å². The fourth-order valence-electron chi connectivity index (χ4n) is 3.14. The van der Waals surface area contributed by atoms with E-state index in [1.54, 1.807) is 0 Å². The third-order valence-corrected chi connectivity index (χ3v) is 5.24. The molecule has 142 valence electrons. The van der Waals surface area contributed by atoms with Crippen molar-refractivity contribution in [2.24, 2.45) is 12.0 Å². The van der Waals surface area contributed by atoms with Gasteiger partial charge in [-0.05, 0) is 32.3 Å². The Morgan fingerprint density at radius 1 is 1.08 bits per heavy atom. The first-order valence-corrected chi connectivity index (χ1v) is 9.48. The van der Waals surface area contributed by atoms with E-state index in [2.05, 4.69) is 71.9 Å². The van der Waals surface area contributed by atoms with Crippen LogP contribution in [-0.2, 0) is 19.0 Å². The molecular weight excluding hydrogens is 324 g/mol. The Balaban J connectivity index is 2.12. The van der Waals surface area contributed by atoms with Crippen molar-refractivity contribution in [3.8, 4) is 0 Å². The van der Waals surface area contributed by atoms with Crippen molar-refractivity contribution in [2.75, 3.05) is 13.1 Å². The summed E-state index contributed by atoms with van der Waals surface area (Å²) in [4.78, 5) is 4.69. The van der Waals surface area contributed by atoms with Crippen LogP contribution in [0.1, 0.15) is 50.8 Å². The van der Waals surface area contributed by atoms with Crippen LogP contribution < -0.4 is 10.6 Å². The molecule has 0 spiro atoms. The van der Waals surface area contributed by atoms with E-state index in [0.29, 0.717) is 6.54 Å². The van der Waals surface area contributed by atoms with Gasteiger partial charge >= 0.3 is 0 Å². The van der Waals surface area contributed by atoms with Gasteiger partial charge in [0, 0.05) is 25.6 Å². The summed E-state index contributed by atoms with van der Waals surface area (Å²) in [7, 11) is 1.97. The van der Waals surface area contributed by atoms with Gasteiger partial charge in [-0.2, -0.15) is 0 Å². The summed E-state index contributed by atoms with van der Waals surface area (Å²) in [6.45, 7) is 10.7. The number of rotatable bonds is 8. The molecule has 0 aliphatic heterocycles. The predicted octanol–water partition coefficient (Wildman–Crippen LogP) is 2.94. The number of aliphatic imine (C=N–C) groups is 1. The zero-order valence-electron chi connectivity index (χ0n) is 16.7.